The monoisotopic (exact) mass is 409 g/mol. The van der Waals surface area contributed by atoms with Gasteiger partial charge in [0.15, 0.2) is 5.11 Å². The molecule has 7 nitrogen and oxygen atoms in total. The lowest BCUT2D eigenvalue weighted by atomic mass is 10.2. The summed E-state index contributed by atoms with van der Waals surface area (Å²) in [7, 11) is 1.54. The number of hydrogen-bond donors (Lipinski definition) is 2. The highest BCUT2D eigenvalue weighted by atomic mass is 79.9. The Balaban J connectivity index is 2.02. The number of nitrogens with zero attached hydrogens (tertiary/aromatic N) is 1. The van der Waals surface area contributed by atoms with Gasteiger partial charge in [0.1, 0.15) is 5.75 Å². The lowest BCUT2D eigenvalue weighted by Crippen LogP contribution is -2.34. The van der Waals surface area contributed by atoms with Gasteiger partial charge in [0.2, 0.25) is 0 Å². The third-order valence-corrected chi connectivity index (χ3v) is 3.85. The molecule has 1 amide bonds. The fourth-order valence-electron chi connectivity index (χ4n) is 1.79. The number of hydrogen-bond acceptors (Lipinski definition) is 5. The molecule has 0 atom stereocenters. The second-order valence-electron chi connectivity index (χ2n) is 4.56. The van der Waals surface area contributed by atoms with Gasteiger partial charge < -0.3 is 10.1 Å². The van der Waals surface area contributed by atoms with Crippen LogP contribution in [-0.4, -0.2) is 23.1 Å². The fraction of sp³-hybridized carbons (Fsp3) is 0.0667. The smallest absolute Gasteiger partial charge is 0.270 e. The molecular formula is C15H12BrN3O4S. The standard InChI is InChI=1S/C15H12BrN3O4S/c1-23-11-5-2-9(3-6-11)14(20)18-15(24)17-13-7-4-10(19(21)22)8-12(13)16/h2-8H,1H3,(H2,17,18,20,24). The van der Waals surface area contributed by atoms with E-state index in [1.54, 1.807) is 24.3 Å². The first-order valence-electron chi connectivity index (χ1n) is 6.61. The lowest BCUT2D eigenvalue weighted by Gasteiger charge is -2.11. The van der Waals surface area contributed by atoms with E-state index >= 15 is 0 Å². The Kier molecular flexibility index (Phi) is 5.83. The number of methoxy groups -OCH3 is 1. The van der Waals surface area contributed by atoms with E-state index in [0.29, 0.717) is 21.5 Å². The van der Waals surface area contributed by atoms with Crippen molar-refractivity contribution < 1.29 is 14.5 Å². The molecule has 0 aliphatic carbocycles. The van der Waals surface area contributed by atoms with Crippen LogP contribution < -0.4 is 15.4 Å². The molecule has 2 aromatic carbocycles. The summed E-state index contributed by atoms with van der Waals surface area (Å²) in [5.74, 6) is 0.259. The SMILES string of the molecule is COc1ccc(C(=O)NC(=S)Nc2ccc([N+](=O)[O-])cc2Br)cc1. The fourth-order valence-corrected chi connectivity index (χ4v) is 2.46. The molecular weight excluding hydrogens is 398 g/mol. The zero-order valence-electron chi connectivity index (χ0n) is 12.4. The maximum absolute atomic E-state index is 12.1. The summed E-state index contributed by atoms with van der Waals surface area (Å²) < 4.78 is 5.48. The van der Waals surface area contributed by atoms with Crippen molar-refractivity contribution in [2.24, 2.45) is 0 Å². The first-order chi connectivity index (χ1) is 11.4. The summed E-state index contributed by atoms with van der Waals surface area (Å²) in [4.78, 5) is 22.3. The normalized spacial score (nSPS) is 9.92. The number of ether oxygens (including phenoxy) is 1. The van der Waals surface area contributed by atoms with Gasteiger partial charge in [0.05, 0.1) is 17.7 Å². The Labute approximate surface area is 151 Å². The van der Waals surface area contributed by atoms with Crippen molar-refractivity contribution in [2.75, 3.05) is 12.4 Å². The molecule has 2 rings (SSSR count). The molecule has 0 aliphatic heterocycles. The summed E-state index contributed by atoms with van der Waals surface area (Å²) in [5.41, 5.74) is 0.865. The number of carbonyl (C=O) groups is 1. The Morgan fingerprint density at radius 1 is 1.25 bits per heavy atom. The van der Waals surface area contributed by atoms with E-state index in [9.17, 15) is 14.9 Å². The van der Waals surface area contributed by atoms with E-state index in [2.05, 4.69) is 26.6 Å². The molecule has 0 fully saturated rings. The van der Waals surface area contributed by atoms with Crippen molar-refractivity contribution in [3.8, 4) is 5.75 Å². The van der Waals surface area contributed by atoms with Crippen LogP contribution in [-0.2, 0) is 0 Å². The molecule has 124 valence electrons. The predicted octanol–water partition coefficient (Wildman–Crippen LogP) is 3.49. The molecule has 0 unspecified atom stereocenters. The average molecular weight is 410 g/mol. The van der Waals surface area contributed by atoms with Crippen molar-refractivity contribution in [2.45, 2.75) is 0 Å². The third-order valence-electron chi connectivity index (χ3n) is 2.99. The molecule has 24 heavy (non-hydrogen) atoms. The quantitative estimate of drug-likeness (QED) is 0.455. The molecule has 2 aromatic rings. The number of nitro groups is 1. The van der Waals surface area contributed by atoms with Gasteiger partial charge in [-0.2, -0.15) is 0 Å². The van der Waals surface area contributed by atoms with Crippen LogP contribution in [0.1, 0.15) is 10.4 Å². The zero-order chi connectivity index (χ0) is 17.7. The van der Waals surface area contributed by atoms with Crippen LogP contribution in [0.5, 0.6) is 5.75 Å². The molecule has 0 radical (unpaired) electrons. The van der Waals surface area contributed by atoms with Crippen molar-refractivity contribution in [3.63, 3.8) is 0 Å². The van der Waals surface area contributed by atoms with Gasteiger partial charge in [-0.15, -0.1) is 0 Å². The Bertz CT molecular complexity index is 796. The second kappa shape index (κ2) is 7.84. The number of amides is 1. The molecule has 0 saturated carbocycles. The van der Waals surface area contributed by atoms with E-state index in [4.69, 9.17) is 17.0 Å². The van der Waals surface area contributed by atoms with Crippen molar-refractivity contribution in [1.82, 2.24) is 5.32 Å². The summed E-state index contributed by atoms with van der Waals surface area (Å²) in [5, 5.41) is 16.1. The molecule has 0 spiro atoms. The molecule has 0 bridgehead atoms. The predicted molar refractivity (Wildman–Crippen MR) is 97.5 cm³/mol. The van der Waals surface area contributed by atoms with Gasteiger partial charge in [0, 0.05) is 22.2 Å². The van der Waals surface area contributed by atoms with Gasteiger partial charge in [-0.1, -0.05) is 0 Å². The Morgan fingerprint density at radius 3 is 2.46 bits per heavy atom. The first-order valence-corrected chi connectivity index (χ1v) is 7.81. The minimum Gasteiger partial charge on any atom is -0.497 e. The van der Waals surface area contributed by atoms with Crippen LogP contribution in [0.3, 0.4) is 0 Å². The Hall–Kier alpha value is -2.52. The molecule has 0 saturated heterocycles. The third kappa shape index (κ3) is 4.49. The summed E-state index contributed by atoms with van der Waals surface area (Å²) in [6, 6.07) is 10.7. The van der Waals surface area contributed by atoms with Crippen molar-refractivity contribution >= 4 is 50.5 Å². The molecule has 2 N–H and O–H groups in total. The van der Waals surface area contributed by atoms with Crippen LogP contribution in [0.25, 0.3) is 0 Å². The number of thiocarbonyl (C=S) groups is 1. The topological polar surface area (TPSA) is 93.5 Å². The highest BCUT2D eigenvalue weighted by Crippen LogP contribution is 2.27. The number of carbonyl (C=O) groups excluding carboxylic acids is 1. The number of anilines is 1. The lowest BCUT2D eigenvalue weighted by molar-refractivity contribution is -0.384. The van der Waals surface area contributed by atoms with Crippen LogP contribution in [0.4, 0.5) is 11.4 Å². The number of benzene rings is 2. The molecule has 0 aromatic heterocycles. The van der Waals surface area contributed by atoms with E-state index in [1.165, 1.54) is 25.3 Å². The van der Waals surface area contributed by atoms with Crippen LogP contribution >= 0.6 is 28.1 Å². The second-order valence-corrected chi connectivity index (χ2v) is 5.82. The zero-order valence-corrected chi connectivity index (χ0v) is 14.8. The number of nitrogens with one attached hydrogen (secondary N) is 2. The molecule has 9 heteroatoms. The molecule has 0 heterocycles. The van der Waals surface area contributed by atoms with Crippen LogP contribution in [0.15, 0.2) is 46.9 Å². The average Bonchev–Trinajstić information content (AvgIpc) is 2.56. The van der Waals surface area contributed by atoms with Crippen LogP contribution in [0.2, 0.25) is 0 Å². The largest absolute Gasteiger partial charge is 0.497 e. The van der Waals surface area contributed by atoms with Gasteiger partial charge in [-0.25, -0.2) is 0 Å². The van der Waals surface area contributed by atoms with Gasteiger partial charge in [-0.05, 0) is 58.5 Å². The summed E-state index contributed by atoms with van der Waals surface area (Å²) in [6.45, 7) is 0. The number of nitro benzene ring substituents is 1. The van der Waals surface area contributed by atoms with Crippen LogP contribution in [0, 0.1) is 10.1 Å². The van der Waals surface area contributed by atoms with E-state index in [1.807, 2.05) is 0 Å². The maximum Gasteiger partial charge on any atom is 0.270 e. The summed E-state index contributed by atoms with van der Waals surface area (Å²) in [6.07, 6.45) is 0. The van der Waals surface area contributed by atoms with Crippen molar-refractivity contribution in [1.29, 1.82) is 0 Å². The minimum atomic E-state index is -0.502. The van der Waals surface area contributed by atoms with Gasteiger partial charge in [-0.3, -0.25) is 20.2 Å². The maximum atomic E-state index is 12.1. The summed E-state index contributed by atoms with van der Waals surface area (Å²) >= 11 is 8.30. The Morgan fingerprint density at radius 2 is 1.92 bits per heavy atom. The highest BCUT2D eigenvalue weighted by molar-refractivity contribution is 9.10. The van der Waals surface area contributed by atoms with E-state index < -0.39 is 4.92 Å². The van der Waals surface area contributed by atoms with E-state index in [0.717, 1.165) is 0 Å². The number of halogens is 1. The number of non-ortho nitro benzene ring substituents is 1. The van der Waals surface area contributed by atoms with Gasteiger partial charge >= 0.3 is 0 Å². The van der Waals surface area contributed by atoms with E-state index in [-0.39, 0.29) is 16.7 Å². The van der Waals surface area contributed by atoms with Crippen molar-refractivity contribution in [3.05, 3.63) is 62.6 Å². The van der Waals surface area contributed by atoms with Gasteiger partial charge in [0.25, 0.3) is 11.6 Å². The first kappa shape index (κ1) is 17.8. The molecule has 0 aliphatic rings. The number of rotatable bonds is 4. The minimum absolute atomic E-state index is 0.0550. The highest BCUT2D eigenvalue weighted by Gasteiger charge is 2.12.